The standard InChI is InChI=1S/C14H16N2O2/c1-9(17)6-11(14(15)18)8-12-7-10-4-2-3-5-13(10)16-12/h2-5,7,11,16H,6,8H2,1H3,(H2,15,18). The number of amides is 1. The van der Waals surface area contributed by atoms with Gasteiger partial charge in [0.05, 0.1) is 5.92 Å². The molecular weight excluding hydrogens is 228 g/mol. The number of Topliss-reactive ketones (excluding diaryl/α,β-unsaturated/α-hetero) is 1. The zero-order chi connectivity index (χ0) is 13.1. The van der Waals surface area contributed by atoms with Crippen LogP contribution in [0.15, 0.2) is 30.3 Å². The van der Waals surface area contributed by atoms with Gasteiger partial charge in [-0.1, -0.05) is 18.2 Å². The lowest BCUT2D eigenvalue weighted by Gasteiger charge is -2.09. The summed E-state index contributed by atoms with van der Waals surface area (Å²) in [5.74, 6) is -0.880. The summed E-state index contributed by atoms with van der Waals surface area (Å²) in [6.07, 6.45) is 0.675. The van der Waals surface area contributed by atoms with E-state index in [1.54, 1.807) is 0 Å². The number of rotatable bonds is 5. The van der Waals surface area contributed by atoms with Gasteiger partial charge in [0, 0.05) is 17.6 Å². The van der Waals surface area contributed by atoms with Crippen molar-refractivity contribution >= 4 is 22.6 Å². The van der Waals surface area contributed by atoms with Crippen LogP contribution in [0.5, 0.6) is 0 Å². The molecule has 0 spiro atoms. The smallest absolute Gasteiger partial charge is 0.221 e. The van der Waals surface area contributed by atoms with Crippen molar-refractivity contribution in [3.8, 4) is 0 Å². The van der Waals surface area contributed by atoms with Gasteiger partial charge in [0.2, 0.25) is 5.91 Å². The number of aromatic nitrogens is 1. The Kier molecular flexibility index (Phi) is 3.46. The minimum Gasteiger partial charge on any atom is -0.369 e. The van der Waals surface area contributed by atoms with Crippen LogP contribution in [0, 0.1) is 5.92 Å². The van der Waals surface area contributed by atoms with Crippen LogP contribution >= 0.6 is 0 Å². The summed E-state index contributed by atoms with van der Waals surface area (Å²) in [5.41, 5.74) is 7.28. The fourth-order valence-electron chi connectivity index (χ4n) is 2.13. The molecule has 18 heavy (non-hydrogen) atoms. The third-order valence-electron chi connectivity index (χ3n) is 2.99. The van der Waals surface area contributed by atoms with Gasteiger partial charge < -0.3 is 15.5 Å². The molecular formula is C14H16N2O2. The molecule has 0 saturated carbocycles. The lowest BCUT2D eigenvalue weighted by atomic mass is 9.97. The number of ketones is 1. The first-order valence-corrected chi connectivity index (χ1v) is 5.91. The maximum absolute atomic E-state index is 11.3. The molecule has 4 nitrogen and oxygen atoms in total. The highest BCUT2D eigenvalue weighted by Gasteiger charge is 2.18. The molecule has 4 heteroatoms. The normalized spacial score (nSPS) is 12.5. The predicted molar refractivity (Wildman–Crippen MR) is 70.0 cm³/mol. The summed E-state index contributed by atoms with van der Waals surface area (Å²) in [5, 5.41) is 1.10. The number of H-pyrrole nitrogens is 1. The first-order chi connectivity index (χ1) is 8.56. The molecule has 1 unspecified atom stereocenters. The van der Waals surface area contributed by atoms with Crippen LogP contribution in [0.3, 0.4) is 0 Å². The molecule has 0 bridgehead atoms. The van der Waals surface area contributed by atoms with Gasteiger partial charge in [0.15, 0.2) is 0 Å². The van der Waals surface area contributed by atoms with E-state index in [4.69, 9.17) is 5.73 Å². The lowest BCUT2D eigenvalue weighted by Crippen LogP contribution is -2.27. The van der Waals surface area contributed by atoms with E-state index in [1.807, 2.05) is 30.3 Å². The highest BCUT2D eigenvalue weighted by atomic mass is 16.1. The Balaban J connectivity index is 2.20. The Morgan fingerprint density at radius 2 is 2.06 bits per heavy atom. The van der Waals surface area contributed by atoms with Crippen LogP contribution in [0.2, 0.25) is 0 Å². The second-order valence-corrected chi connectivity index (χ2v) is 4.59. The van der Waals surface area contributed by atoms with E-state index in [2.05, 4.69) is 4.98 Å². The second kappa shape index (κ2) is 5.04. The van der Waals surface area contributed by atoms with E-state index < -0.39 is 11.8 Å². The summed E-state index contributed by atoms with van der Waals surface area (Å²) in [6, 6.07) is 9.87. The van der Waals surface area contributed by atoms with Crippen molar-refractivity contribution in [1.82, 2.24) is 4.98 Å². The Labute approximate surface area is 105 Å². The van der Waals surface area contributed by atoms with Crippen LogP contribution < -0.4 is 5.73 Å². The molecule has 94 valence electrons. The molecule has 0 aliphatic rings. The van der Waals surface area contributed by atoms with Crippen LogP contribution in [-0.2, 0) is 16.0 Å². The molecule has 1 heterocycles. The van der Waals surface area contributed by atoms with Gasteiger partial charge in [0.1, 0.15) is 5.78 Å². The van der Waals surface area contributed by atoms with E-state index in [0.717, 1.165) is 16.6 Å². The number of aromatic amines is 1. The van der Waals surface area contributed by atoms with Crippen molar-refractivity contribution in [3.05, 3.63) is 36.0 Å². The Bertz CT molecular complexity index is 553. The van der Waals surface area contributed by atoms with Gasteiger partial charge >= 0.3 is 0 Å². The number of primary amides is 1. The quantitative estimate of drug-likeness (QED) is 0.841. The van der Waals surface area contributed by atoms with E-state index in [1.165, 1.54) is 6.92 Å². The van der Waals surface area contributed by atoms with Crippen molar-refractivity contribution < 1.29 is 9.59 Å². The molecule has 1 aromatic carbocycles. The highest BCUT2D eigenvalue weighted by molar-refractivity contribution is 5.85. The monoisotopic (exact) mass is 244 g/mol. The summed E-state index contributed by atoms with van der Waals surface area (Å²) >= 11 is 0. The molecule has 0 aliphatic heterocycles. The summed E-state index contributed by atoms with van der Waals surface area (Å²) in [6.45, 7) is 1.47. The molecule has 3 N–H and O–H groups in total. The largest absolute Gasteiger partial charge is 0.369 e. The van der Waals surface area contributed by atoms with E-state index in [-0.39, 0.29) is 12.2 Å². The van der Waals surface area contributed by atoms with Crippen molar-refractivity contribution in [2.75, 3.05) is 0 Å². The number of hydrogen-bond donors (Lipinski definition) is 2. The summed E-state index contributed by atoms with van der Waals surface area (Å²) < 4.78 is 0. The maximum Gasteiger partial charge on any atom is 0.221 e. The number of fused-ring (bicyclic) bond motifs is 1. The first-order valence-electron chi connectivity index (χ1n) is 5.91. The van der Waals surface area contributed by atoms with E-state index in [9.17, 15) is 9.59 Å². The third kappa shape index (κ3) is 2.77. The maximum atomic E-state index is 11.3. The third-order valence-corrected chi connectivity index (χ3v) is 2.99. The predicted octanol–water partition coefficient (Wildman–Crippen LogP) is 1.79. The molecule has 0 radical (unpaired) electrons. The molecule has 0 fully saturated rings. The number of para-hydroxylation sites is 1. The molecule has 0 aliphatic carbocycles. The highest BCUT2D eigenvalue weighted by Crippen LogP contribution is 2.18. The number of carbonyl (C=O) groups excluding carboxylic acids is 2. The molecule has 1 amide bonds. The minimum absolute atomic E-state index is 0.0186. The SMILES string of the molecule is CC(=O)CC(Cc1cc2ccccc2[nH]1)C(N)=O. The number of carbonyl (C=O) groups is 2. The van der Waals surface area contributed by atoms with Crippen molar-refractivity contribution in [2.45, 2.75) is 19.8 Å². The lowest BCUT2D eigenvalue weighted by molar-refractivity contribution is -0.126. The van der Waals surface area contributed by atoms with Gasteiger partial charge in [-0.3, -0.25) is 4.79 Å². The fourth-order valence-corrected chi connectivity index (χ4v) is 2.13. The second-order valence-electron chi connectivity index (χ2n) is 4.59. The summed E-state index contributed by atoms with van der Waals surface area (Å²) in [4.78, 5) is 25.6. The first kappa shape index (κ1) is 12.4. The van der Waals surface area contributed by atoms with E-state index >= 15 is 0 Å². The van der Waals surface area contributed by atoms with Crippen LogP contribution in [0.25, 0.3) is 10.9 Å². The molecule has 2 rings (SSSR count). The molecule has 1 atom stereocenters. The van der Waals surface area contributed by atoms with Gasteiger partial charge in [-0.2, -0.15) is 0 Å². The van der Waals surface area contributed by atoms with Crippen LogP contribution in [0.4, 0.5) is 0 Å². The Morgan fingerprint density at radius 3 is 2.67 bits per heavy atom. The van der Waals surface area contributed by atoms with Crippen LogP contribution in [-0.4, -0.2) is 16.7 Å². The zero-order valence-electron chi connectivity index (χ0n) is 10.3. The van der Waals surface area contributed by atoms with Gasteiger partial charge in [-0.15, -0.1) is 0 Å². The Morgan fingerprint density at radius 1 is 1.33 bits per heavy atom. The zero-order valence-corrected chi connectivity index (χ0v) is 10.3. The minimum atomic E-state index is -0.435. The number of nitrogens with one attached hydrogen (secondary N) is 1. The van der Waals surface area contributed by atoms with Crippen molar-refractivity contribution in [1.29, 1.82) is 0 Å². The molecule has 2 aromatic rings. The molecule has 1 aromatic heterocycles. The van der Waals surface area contributed by atoms with E-state index in [0.29, 0.717) is 6.42 Å². The van der Waals surface area contributed by atoms with Crippen LogP contribution in [0.1, 0.15) is 19.0 Å². The topological polar surface area (TPSA) is 75.9 Å². The summed E-state index contributed by atoms with van der Waals surface area (Å²) in [7, 11) is 0. The number of benzene rings is 1. The number of hydrogen-bond acceptors (Lipinski definition) is 2. The van der Waals surface area contributed by atoms with Crippen molar-refractivity contribution in [2.24, 2.45) is 11.7 Å². The number of nitrogens with two attached hydrogens (primary N) is 1. The van der Waals surface area contributed by atoms with Gasteiger partial charge in [-0.25, -0.2) is 0 Å². The molecule has 0 saturated heterocycles. The average Bonchev–Trinajstić information content (AvgIpc) is 2.69. The Hall–Kier alpha value is -2.10. The van der Waals surface area contributed by atoms with Gasteiger partial charge in [0.25, 0.3) is 0 Å². The fraction of sp³-hybridized carbons (Fsp3) is 0.286. The van der Waals surface area contributed by atoms with Gasteiger partial charge in [-0.05, 0) is 30.9 Å². The average molecular weight is 244 g/mol. The van der Waals surface area contributed by atoms with Crippen molar-refractivity contribution in [3.63, 3.8) is 0 Å².